The van der Waals surface area contributed by atoms with E-state index in [1.807, 2.05) is 36.4 Å². The number of nitrogens with two attached hydrogens (primary N) is 2. The maximum atomic E-state index is 10.6. The molecule has 0 unspecified atom stereocenters. The molecule has 3 heteroatoms. The molecule has 84 valence electrons. The summed E-state index contributed by atoms with van der Waals surface area (Å²) in [5, 5.41) is 1.96. The van der Waals surface area contributed by atoms with Gasteiger partial charge in [0, 0.05) is 16.6 Å². The Hall–Kier alpha value is -2.47. The van der Waals surface area contributed by atoms with Crippen molar-refractivity contribution in [1.29, 1.82) is 0 Å². The van der Waals surface area contributed by atoms with Gasteiger partial charge < -0.3 is 11.5 Å². The van der Waals surface area contributed by atoms with Gasteiger partial charge in [-0.15, -0.1) is 0 Å². The van der Waals surface area contributed by atoms with Gasteiger partial charge in [0.2, 0.25) is 5.91 Å². The quantitative estimate of drug-likeness (QED) is 0.571. The van der Waals surface area contributed by atoms with E-state index >= 15 is 0 Å². The fourth-order valence-electron chi connectivity index (χ4n) is 1.67. The van der Waals surface area contributed by atoms with Crippen molar-refractivity contribution in [2.24, 2.45) is 5.73 Å². The van der Waals surface area contributed by atoms with E-state index in [-0.39, 0.29) is 6.42 Å². The van der Waals surface area contributed by atoms with Crippen molar-refractivity contribution in [2.75, 3.05) is 5.73 Å². The van der Waals surface area contributed by atoms with E-state index in [1.165, 1.54) is 0 Å². The van der Waals surface area contributed by atoms with Crippen molar-refractivity contribution < 1.29 is 4.79 Å². The molecule has 0 atom stereocenters. The minimum Gasteiger partial charge on any atom is -0.398 e. The van der Waals surface area contributed by atoms with E-state index in [9.17, 15) is 4.79 Å². The zero-order valence-corrected chi connectivity index (χ0v) is 9.23. The number of primary amides is 1. The summed E-state index contributed by atoms with van der Waals surface area (Å²) < 4.78 is 0. The van der Waals surface area contributed by atoms with E-state index in [1.54, 1.807) is 0 Å². The van der Waals surface area contributed by atoms with Crippen LogP contribution in [0.2, 0.25) is 0 Å². The normalized spacial score (nSPS) is 9.65. The van der Waals surface area contributed by atoms with Crippen molar-refractivity contribution >= 4 is 22.4 Å². The Morgan fingerprint density at radius 3 is 2.59 bits per heavy atom. The molecule has 1 amide bonds. The monoisotopic (exact) mass is 224 g/mol. The number of hydrogen-bond donors (Lipinski definition) is 2. The molecule has 0 saturated carbocycles. The molecule has 0 aliphatic rings. The summed E-state index contributed by atoms with van der Waals surface area (Å²) >= 11 is 0. The lowest BCUT2D eigenvalue weighted by molar-refractivity contribution is -0.117. The van der Waals surface area contributed by atoms with Crippen LogP contribution in [0.5, 0.6) is 0 Å². The molecule has 4 N–H and O–H groups in total. The van der Waals surface area contributed by atoms with Gasteiger partial charge >= 0.3 is 0 Å². The second-order valence-corrected chi connectivity index (χ2v) is 3.69. The zero-order valence-electron chi connectivity index (χ0n) is 9.23. The lowest BCUT2D eigenvalue weighted by Gasteiger charge is -2.03. The lowest BCUT2D eigenvalue weighted by Crippen LogP contribution is -2.08. The molecule has 2 aromatic rings. The predicted molar refractivity (Wildman–Crippen MR) is 69.0 cm³/mol. The summed E-state index contributed by atoms with van der Waals surface area (Å²) in [5.74, 6) is 5.27. The Kier molecular flexibility index (Phi) is 2.97. The summed E-state index contributed by atoms with van der Waals surface area (Å²) in [7, 11) is 0. The zero-order chi connectivity index (χ0) is 12.3. The molecule has 0 saturated heterocycles. The highest BCUT2D eigenvalue weighted by Crippen LogP contribution is 2.23. The van der Waals surface area contributed by atoms with Gasteiger partial charge in [-0.05, 0) is 17.5 Å². The van der Waals surface area contributed by atoms with Crippen LogP contribution in [0.3, 0.4) is 0 Å². The number of fused-ring (bicyclic) bond motifs is 1. The molecule has 0 heterocycles. The maximum absolute atomic E-state index is 10.6. The van der Waals surface area contributed by atoms with Gasteiger partial charge in [-0.1, -0.05) is 36.1 Å². The minimum atomic E-state index is -0.419. The third-order valence-electron chi connectivity index (χ3n) is 2.44. The van der Waals surface area contributed by atoms with Gasteiger partial charge in [-0.25, -0.2) is 0 Å². The topological polar surface area (TPSA) is 69.1 Å². The van der Waals surface area contributed by atoms with Crippen LogP contribution in [0.1, 0.15) is 12.0 Å². The average molecular weight is 224 g/mol. The molecular formula is C14H12N2O. The van der Waals surface area contributed by atoms with Gasteiger partial charge in [0.05, 0.1) is 6.42 Å². The van der Waals surface area contributed by atoms with E-state index < -0.39 is 5.91 Å². The van der Waals surface area contributed by atoms with Gasteiger partial charge in [-0.3, -0.25) is 4.79 Å². The van der Waals surface area contributed by atoms with Crippen LogP contribution in [0.15, 0.2) is 36.4 Å². The van der Waals surface area contributed by atoms with E-state index in [0.29, 0.717) is 0 Å². The summed E-state index contributed by atoms with van der Waals surface area (Å²) in [6.07, 6.45) is 0.0682. The predicted octanol–water partition coefficient (Wildman–Crippen LogP) is 1.65. The number of hydrogen-bond acceptors (Lipinski definition) is 2. The van der Waals surface area contributed by atoms with Crippen LogP contribution in [0.25, 0.3) is 10.8 Å². The number of carbonyl (C=O) groups excluding carboxylic acids is 1. The van der Waals surface area contributed by atoms with Crippen LogP contribution >= 0.6 is 0 Å². The highest BCUT2D eigenvalue weighted by atomic mass is 16.1. The smallest absolute Gasteiger partial charge is 0.229 e. The molecule has 0 bridgehead atoms. The molecule has 0 radical (unpaired) electrons. The van der Waals surface area contributed by atoms with Crippen LogP contribution in [-0.2, 0) is 4.79 Å². The molecule has 17 heavy (non-hydrogen) atoms. The van der Waals surface area contributed by atoms with Crippen molar-refractivity contribution in [3.8, 4) is 11.8 Å². The fraction of sp³-hybridized carbons (Fsp3) is 0.0714. The summed E-state index contributed by atoms with van der Waals surface area (Å²) in [6, 6.07) is 11.4. The van der Waals surface area contributed by atoms with Crippen LogP contribution in [0, 0.1) is 11.8 Å². The molecule has 0 aromatic heterocycles. The molecule has 2 aromatic carbocycles. The SMILES string of the molecule is NC(=O)CC#Cc1cccc2c(N)cccc12. The average Bonchev–Trinajstić information content (AvgIpc) is 2.30. The van der Waals surface area contributed by atoms with E-state index in [0.717, 1.165) is 22.0 Å². The standard InChI is InChI=1S/C14H12N2O/c15-13-8-3-6-11-10(4-1-7-12(11)13)5-2-9-14(16)17/h1,3-4,6-8H,9,15H2,(H2,16,17). The van der Waals surface area contributed by atoms with Gasteiger partial charge in [0.1, 0.15) is 0 Å². The fourth-order valence-corrected chi connectivity index (χ4v) is 1.67. The summed E-state index contributed by atoms with van der Waals surface area (Å²) in [5.41, 5.74) is 12.5. The summed E-state index contributed by atoms with van der Waals surface area (Å²) in [6.45, 7) is 0. The molecule has 0 spiro atoms. The first kappa shape index (κ1) is 11.0. The summed E-state index contributed by atoms with van der Waals surface area (Å²) in [4.78, 5) is 10.6. The van der Waals surface area contributed by atoms with E-state index in [2.05, 4.69) is 11.8 Å². The number of anilines is 1. The first-order valence-corrected chi connectivity index (χ1v) is 5.23. The highest BCUT2D eigenvalue weighted by Gasteiger charge is 2.00. The van der Waals surface area contributed by atoms with Crippen molar-refractivity contribution in [3.05, 3.63) is 42.0 Å². The molecule has 3 nitrogen and oxygen atoms in total. The molecule has 2 rings (SSSR count). The molecule has 0 aliphatic carbocycles. The second-order valence-electron chi connectivity index (χ2n) is 3.69. The van der Waals surface area contributed by atoms with Crippen LogP contribution < -0.4 is 11.5 Å². The van der Waals surface area contributed by atoms with E-state index in [4.69, 9.17) is 11.5 Å². The van der Waals surface area contributed by atoms with Crippen molar-refractivity contribution in [1.82, 2.24) is 0 Å². The maximum Gasteiger partial charge on any atom is 0.229 e. The van der Waals surface area contributed by atoms with Crippen molar-refractivity contribution in [3.63, 3.8) is 0 Å². The van der Waals surface area contributed by atoms with Gasteiger partial charge in [0.25, 0.3) is 0 Å². The number of nitrogen functional groups attached to an aromatic ring is 1. The Morgan fingerprint density at radius 2 is 1.82 bits per heavy atom. The number of rotatable bonds is 1. The third kappa shape index (κ3) is 2.37. The lowest BCUT2D eigenvalue weighted by atomic mass is 10.0. The van der Waals surface area contributed by atoms with Crippen LogP contribution in [0.4, 0.5) is 5.69 Å². The Labute approximate surface area is 99.4 Å². The second kappa shape index (κ2) is 4.58. The Bertz CT molecular complexity index is 635. The van der Waals surface area contributed by atoms with Crippen molar-refractivity contribution in [2.45, 2.75) is 6.42 Å². The molecular weight excluding hydrogens is 212 g/mol. The highest BCUT2D eigenvalue weighted by molar-refractivity contribution is 5.96. The molecule has 0 fully saturated rings. The first-order chi connectivity index (χ1) is 8.18. The number of benzene rings is 2. The Balaban J connectivity index is 2.50. The minimum absolute atomic E-state index is 0.0682. The Morgan fingerprint density at radius 1 is 1.12 bits per heavy atom. The number of amides is 1. The van der Waals surface area contributed by atoms with Gasteiger partial charge in [0.15, 0.2) is 0 Å². The largest absolute Gasteiger partial charge is 0.398 e. The van der Waals surface area contributed by atoms with Gasteiger partial charge in [-0.2, -0.15) is 0 Å². The first-order valence-electron chi connectivity index (χ1n) is 5.23. The number of carbonyl (C=O) groups is 1. The third-order valence-corrected chi connectivity index (χ3v) is 2.44. The molecule has 0 aliphatic heterocycles. The van der Waals surface area contributed by atoms with Crippen LogP contribution in [-0.4, -0.2) is 5.91 Å².